The van der Waals surface area contributed by atoms with Crippen LogP contribution in [-0.4, -0.2) is 20.9 Å². The van der Waals surface area contributed by atoms with Gasteiger partial charge in [-0.05, 0) is 47.1 Å². The minimum absolute atomic E-state index is 0.118. The van der Waals surface area contributed by atoms with Crippen LogP contribution in [0.3, 0.4) is 0 Å². The van der Waals surface area contributed by atoms with Crippen LogP contribution in [0.1, 0.15) is 41.5 Å². The van der Waals surface area contributed by atoms with Gasteiger partial charge in [-0.1, -0.05) is 32.0 Å². The molecule has 0 bridgehead atoms. The van der Waals surface area contributed by atoms with Crippen LogP contribution in [0.4, 0.5) is 0 Å². The number of benzene rings is 1. The molecule has 0 spiro atoms. The number of aromatic carboxylic acids is 1. The summed E-state index contributed by atoms with van der Waals surface area (Å²) in [4.78, 5) is 11.2. The third-order valence-corrected chi connectivity index (χ3v) is 4.02. The first-order chi connectivity index (χ1) is 8.93. The van der Waals surface area contributed by atoms with Crippen molar-refractivity contribution in [3.05, 3.63) is 44.8 Å². The van der Waals surface area contributed by atoms with Crippen LogP contribution in [-0.2, 0) is 0 Å². The largest absolute Gasteiger partial charge is 0.476 e. The Balaban J connectivity index is 2.73. The van der Waals surface area contributed by atoms with Gasteiger partial charge in [0.05, 0.1) is 15.0 Å². The monoisotopic (exact) mass is 370 g/mol. The standard InChI is InChI=1S/C14H15IN2O2/c1-8(2)13-11(15)12(14(18)19)16-17(13)10-7-5-4-6-9(10)3/h4-8H,1-3H3,(H,18,19). The highest BCUT2D eigenvalue weighted by Crippen LogP contribution is 2.28. The van der Waals surface area contributed by atoms with Crippen LogP contribution in [0.25, 0.3) is 5.69 Å². The molecule has 0 aliphatic heterocycles. The third-order valence-electron chi connectivity index (χ3n) is 2.95. The topological polar surface area (TPSA) is 55.1 Å². The zero-order valence-electron chi connectivity index (χ0n) is 11.0. The lowest BCUT2D eigenvalue weighted by atomic mass is 10.1. The van der Waals surface area contributed by atoms with Gasteiger partial charge in [0.25, 0.3) is 0 Å². The zero-order chi connectivity index (χ0) is 14.2. The number of carboxylic acids is 1. The summed E-state index contributed by atoms with van der Waals surface area (Å²) < 4.78 is 2.47. The van der Waals surface area contributed by atoms with E-state index in [2.05, 4.69) is 27.7 Å². The molecule has 0 unspecified atom stereocenters. The molecule has 0 fully saturated rings. The SMILES string of the molecule is Cc1ccccc1-n1nc(C(=O)O)c(I)c1C(C)C. The molecular weight excluding hydrogens is 355 g/mol. The summed E-state index contributed by atoms with van der Waals surface area (Å²) in [5, 5.41) is 13.5. The second-order valence-electron chi connectivity index (χ2n) is 4.71. The van der Waals surface area contributed by atoms with Crippen LogP contribution in [0, 0.1) is 10.5 Å². The molecule has 0 saturated carbocycles. The van der Waals surface area contributed by atoms with Gasteiger partial charge in [0.1, 0.15) is 0 Å². The average Bonchev–Trinajstić information content (AvgIpc) is 2.67. The summed E-state index contributed by atoms with van der Waals surface area (Å²) in [6.45, 7) is 6.08. The first-order valence-electron chi connectivity index (χ1n) is 6.01. The van der Waals surface area contributed by atoms with E-state index in [4.69, 9.17) is 0 Å². The summed E-state index contributed by atoms with van der Waals surface area (Å²) in [6.07, 6.45) is 0. The van der Waals surface area contributed by atoms with Crippen molar-refractivity contribution in [3.63, 3.8) is 0 Å². The van der Waals surface area contributed by atoms with E-state index in [-0.39, 0.29) is 11.6 Å². The second kappa shape index (κ2) is 5.32. The van der Waals surface area contributed by atoms with Gasteiger partial charge in [0, 0.05) is 0 Å². The zero-order valence-corrected chi connectivity index (χ0v) is 13.2. The van der Waals surface area contributed by atoms with E-state index >= 15 is 0 Å². The fourth-order valence-corrected chi connectivity index (χ4v) is 3.22. The number of aromatic nitrogens is 2. The Labute approximate surface area is 125 Å². The number of carboxylic acid groups (broad SMARTS) is 1. The van der Waals surface area contributed by atoms with Crippen molar-refractivity contribution in [2.45, 2.75) is 26.7 Å². The molecule has 1 aromatic carbocycles. The van der Waals surface area contributed by atoms with Crippen molar-refractivity contribution in [3.8, 4) is 5.69 Å². The molecule has 0 saturated heterocycles. The number of aryl methyl sites for hydroxylation is 1. The fourth-order valence-electron chi connectivity index (χ4n) is 2.03. The van der Waals surface area contributed by atoms with E-state index in [9.17, 15) is 9.90 Å². The van der Waals surface area contributed by atoms with Crippen LogP contribution < -0.4 is 0 Å². The minimum atomic E-state index is -0.987. The van der Waals surface area contributed by atoms with Crippen molar-refractivity contribution in [2.75, 3.05) is 0 Å². The number of carbonyl (C=O) groups is 1. The van der Waals surface area contributed by atoms with Crippen molar-refractivity contribution in [1.29, 1.82) is 0 Å². The number of nitrogens with zero attached hydrogens (tertiary/aromatic N) is 2. The van der Waals surface area contributed by atoms with Gasteiger partial charge in [-0.3, -0.25) is 0 Å². The highest BCUT2D eigenvalue weighted by molar-refractivity contribution is 14.1. The van der Waals surface area contributed by atoms with E-state index in [1.807, 2.05) is 45.0 Å². The summed E-state index contributed by atoms with van der Waals surface area (Å²) in [5.74, 6) is -0.786. The number of hydrogen-bond donors (Lipinski definition) is 1. The predicted molar refractivity (Wildman–Crippen MR) is 82.1 cm³/mol. The van der Waals surface area contributed by atoms with Crippen molar-refractivity contribution >= 4 is 28.6 Å². The minimum Gasteiger partial charge on any atom is -0.476 e. The molecule has 2 rings (SSSR count). The van der Waals surface area contributed by atoms with Gasteiger partial charge < -0.3 is 5.11 Å². The van der Waals surface area contributed by atoms with Gasteiger partial charge >= 0.3 is 5.97 Å². The Hall–Kier alpha value is -1.37. The van der Waals surface area contributed by atoms with E-state index in [1.54, 1.807) is 4.68 Å². The molecule has 5 heteroatoms. The molecule has 1 N–H and O–H groups in total. The molecule has 4 nitrogen and oxygen atoms in total. The maximum atomic E-state index is 11.2. The number of hydrogen-bond acceptors (Lipinski definition) is 2. The van der Waals surface area contributed by atoms with Crippen molar-refractivity contribution in [1.82, 2.24) is 9.78 Å². The van der Waals surface area contributed by atoms with Gasteiger partial charge in [-0.15, -0.1) is 0 Å². The Bertz CT molecular complexity index is 632. The van der Waals surface area contributed by atoms with E-state index < -0.39 is 5.97 Å². The molecule has 2 aromatic rings. The lowest BCUT2D eigenvalue weighted by Gasteiger charge is -2.12. The Morgan fingerprint density at radius 1 is 1.37 bits per heavy atom. The number of halogens is 1. The quantitative estimate of drug-likeness (QED) is 0.840. The lowest BCUT2D eigenvalue weighted by molar-refractivity contribution is 0.0689. The van der Waals surface area contributed by atoms with Crippen molar-refractivity contribution in [2.24, 2.45) is 0 Å². The molecule has 0 atom stereocenters. The van der Waals surface area contributed by atoms with E-state index in [0.717, 1.165) is 16.9 Å². The highest BCUT2D eigenvalue weighted by Gasteiger charge is 2.23. The average molecular weight is 370 g/mol. The van der Waals surface area contributed by atoms with Crippen LogP contribution in [0.15, 0.2) is 24.3 Å². The molecule has 19 heavy (non-hydrogen) atoms. The fraction of sp³-hybridized carbons (Fsp3) is 0.286. The molecule has 0 aliphatic carbocycles. The summed E-state index contributed by atoms with van der Waals surface area (Å²) in [5.41, 5.74) is 3.05. The summed E-state index contributed by atoms with van der Waals surface area (Å²) >= 11 is 2.07. The van der Waals surface area contributed by atoms with E-state index in [1.165, 1.54) is 0 Å². The summed E-state index contributed by atoms with van der Waals surface area (Å²) in [7, 11) is 0. The van der Waals surface area contributed by atoms with Gasteiger partial charge in [0.2, 0.25) is 0 Å². The van der Waals surface area contributed by atoms with Gasteiger partial charge in [-0.25, -0.2) is 9.48 Å². The highest BCUT2D eigenvalue weighted by atomic mass is 127. The molecule has 1 heterocycles. The predicted octanol–water partition coefficient (Wildman–Crippen LogP) is 3.61. The van der Waals surface area contributed by atoms with Crippen LogP contribution in [0.5, 0.6) is 0 Å². The van der Waals surface area contributed by atoms with E-state index in [0.29, 0.717) is 3.57 Å². The maximum absolute atomic E-state index is 11.2. The lowest BCUT2D eigenvalue weighted by Crippen LogP contribution is -2.06. The molecule has 0 aliphatic rings. The summed E-state index contributed by atoms with van der Waals surface area (Å²) in [6, 6.07) is 7.84. The Morgan fingerprint density at radius 2 is 2.00 bits per heavy atom. The van der Waals surface area contributed by atoms with Crippen LogP contribution >= 0.6 is 22.6 Å². The first kappa shape index (κ1) is 14.0. The normalized spacial score (nSPS) is 11.0. The maximum Gasteiger partial charge on any atom is 0.357 e. The van der Waals surface area contributed by atoms with Gasteiger partial charge in [-0.2, -0.15) is 5.10 Å². The van der Waals surface area contributed by atoms with Crippen LogP contribution in [0.2, 0.25) is 0 Å². The third kappa shape index (κ3) is 2.51. The number of rotatable bonds is 3. The molecule has 0 amide bonds. The molecule has 0 radical (unpaired) electrons. The number of para-hydroxylation sites is 1. The smallest absolute Gasteiger partial charge is 0.357 e. The van der Waals surface area contributed by atoms with Crippen molar-refractivity contribution < 1.29 is 9.90 Å². The molecule has 1 aromatic heterocycles. The Morgan fingerprint density at radius 3 is 2.53 bits per heavy atom. The first-order valence-corrected chi connectivity index (χ1v) is 7.09. The molecule has 100 valence electrons. The molecular formula is C14H15IN2O2. The Kier molecular flexibility index (Phi) is 3.93. The van der Waals surface area contributed by atoms with Gasteiger partial charge in [0.15, 0.2) is 5.69 Å². The second-order valence-corrected chi connectivity index (χ2v) is 5.78.